The first-order valence-electron chi connectivity index (χ1n) is 4.43. The summed E-state index contributed by atoms with van der Waals surface area (Å²) < 4.78 is 1.55. The molecule has 15 heavy (non-hydrogen) atoms. The molecule has 0 saturated carbocycles. The van der Waals surface area contributed by atoms with Crippen molar-refractivity contribution >= 4 is 11.3 Å². The number of hydrogen-bond donors (Lipinski definition) is 0. The van der Waals surface area contributed by atoms with E-state index in [2.05, 4.69) is 0 Å². The molecule has 4 heteroatoms. The van der Waals surface area contributed by atoms with Gasteiger partial charge in [-0.2, -0.15) is 5.26 Å². The van der Waals surface area contributed by atoms with E-state index >= 15 is 0 Å². The van der Waals surface area contributed by atoms with Gasteiger partial charge in [-0.25, -0.2) is 0 Å². The van der Waals surface area contributed by atoms with Gasteiger partial charge in [0.15, 0.2) is 0 Å². The van der Waals surface area contributed by atoms with E-state index in [1.807, 2.05) is 23.6 Å². The van der Waals surface area contributed by atoms with Gasteiger partial charge in [-0.05, 0) is 23.6 Å². The minimum atomic E-state index is -0.228. The van der Waals surface area contributed by atoms with E-state index in [9.17, 15) is 4.79 Å². The Morgan fingerprint density at radius 3 is 2.93 bits per heavy atom. The highest BCUT2D eigenvalue weighted by atomic mass is 32.1. The van der Waals surface area contributed by atoms with Gasteiger partial charge in [0, 0.05) is 11.1 Å². The Kier molecular flexibility index (Phi) is 2.66. The maximum atomic E-state index is 11.7. The third-order valence-electron chi connectivity index (χ3n) is 2.05. The second-order valence-corrected chi connectivity index (χ2v) is 4.08. The fourth-order valence-corrected chi connectivity index (χ4v) is 2.02. The zero-order valence-electron chi connectivity index (χ0n) is 7.88. The number of nitriles is 1. The molecule has 0 radical (unpaired) electrons. The normalized spacial score (nSPS) is 9.80. The molecular weight excluding hydrogens is 208 g/mol. The monoisotopic (exact) mass is 216 g/mol. The topological polar surface area (TPSA) is 45.8 Å². The van der Waals surface area contributed by atoms with Crippen molar-refractivity contribution in [2.24, 2.45) is 0 Å². The number of pyridine rings is 1. The summed E-state index contributed by atoms with van der Waals surface area (Å²) in [5.41, 5.74) is -0.0394. The molecule has 0 atom stereocenters. The first-order valence-corrected chi connectivity index (χ1v) is 5.31. The van der Waals surface area contributed by atoms with Crippen LogP contribution in [0.25, 0.3) is 0 Å². The van der Waals surface area contributed by atoms with Gasteiger partial charge in [-0.3, -0.25) is 4.79 Å². The number of nitrogens with zero attached hydrogens (tertiary/aromatic N) is 2. The van der Waals surface area contributed by atoms with Crippen LogP contribution in [0.1, 0.15) is 10.4 Å². The fourth-order valence-electron chi connectivity index (χ4n) is 1.32. The summed E-state index contributed by atoms with van der Waals surface area (Å²) in [5.74, 6) is 0. The maximum absolute atomic E-state index is 11.7. The Morgan fingerprint density at radius 2 is 2.27 bits per heavy atom. The molecule has 0 bridgehead atoms. The summed E-state index contributed by atoms with van der Waals surface area (Å²) >= 11 is 1.60. The van der Waals surface area contributed by atoms with Gasteiger partial charge < -0.3 is 4.57 Å². The third kappa shape index (κ3) is 1.97. The number of thiophene rings is 1. The molecule has 0 aliphatic carbocycles. The predicted octanol–water partition coefficient (Wildman–Crippen LogP) is 1.83. The van der Waals surface area contributed by atoms with Crippen LogP contribution in [0.2, 0.25) is 0 Å². The standard InChI is InChI=1S/C11H8N2OS/c12-7-9-3-1-5-13(11(9)14)8-10-4-2-6-15-10/h1-6H,8H2. The largest absolute Gasteiger partial charge is 0.309 e. The molecule has 74 valence electrons. The molecule has 2 rings (SSSR count). The van der Waals surface area contributed by atoms with Crippen LogP contribution in [-0.2, 0) is 6.54 Å². The Morgan fingerprint density at radius 1 is 1.40 bits per heavy atom. The molecular formula is C11H8N2OS. The van der Waals surface area contributed by atoms with Crippen molar-refractivity contribution in [2.75, 3.05) is 0 Å². The average molecular weight is 216 g/mol. The van der Waals surface area contributed by atoms with Crippen molar-refractivity contribution in [3.8, 4) is 6.07 Å². The fraction of sp³-hybridized carbons (Fsp3) is 0.0909. The van der Waals surface area contributed by atoms with E-state index in [4.69, 9.17) is 5.26 Å². The SMILES string of the molecule is N#Cc1cccn(Cc2cccs2)c1=O. The molecule has 0 aromatic carbocycles. The summed E-state index contributed by atoms with van der Waals surface area (Å²) in [4.78, 5) is 12.8. The molecule has 2 aromatic rings. The van der Waals surface area contributed by atoms with E-state index in [-0.39, 0.29) is 11.1 Å². The summed E-state index contributed by atoms with van der Waals surface area (Å²) in [6.45, 7) is 0.534. The highest BCUT2D eigenvalue weighted by molar-refractivity contribution is 7.09. The minimum absolute atomic E-state index is 0.189. The van der Waals surface area contributed by atoms with Crippen LogP contribution in [0.4, 0.5) is 0 Å². The van der Waals surface area contributed by atoms with Crippen molar-refractivity contribution in [3.63, 3.8) is 0 Å². The quantitative estimate of drug-likeness (QED) is 0.768. The first-order chi connectivity index (χ1) is 7.31. The van der Waals surface area contributed by atoms with E-state index in [1.165, 1.54) is 6.07 Å². The average Bonchev–Trinajstić information content (AvgIpc) is 2.74. The molecule has 0 unspecified atom stereocenters. The zero-order valence-corrected chi connectivity index (χ0v) is 8.70. The summed E-state index contributed by atoms with van der Waals surface area (Å²) in [6.07, 6.45) is 1.70. The van der Waals surface area contributed by atoms with Crippen LogP contribution in [0, 0.1) is 11.3 Å². The van der Waals surface area contributed by atoms with Crippen LogP contribution in [0.5, 0.6) is 0 Å². The molecule has 0 fully saturated rings. The summed E-state index contributed by atoms with van der Waals surface area (Å²) in [7, 11) is 0. The molecule has 0 aliphatic rings. The van der Waals surface area contributed by atoms with Crippen LogP contribution in [-0.4, -0.2) is 4.57 Å². The lowest BCUT2D eigenvalue weighted by Crippen LogP contribution is -2.21. The second kappa shape index (κ2) is 4.11. The van der Waals surface area contributed by atoms with Crippen molar-refractivity contribution in [1.29, 1.82) is 5.26 Å². The zero-order chi connectivity index (χ0) is 10.7. The van der Waals surface area contributed by atoms with Gasteiger partial charge in [0.2, 0.25) is 0 Å². The van der Waals surface area contributed by atoms with Gasteiger partial charge in [0.05, 0.1) is 6.54 Å². The Balaban J connectivity index is 2.39. The summed E-state index contributed by atoms with van der Waals surface area (Å²) in [5, 5.41) is 10.7. The van der Waals surface area contributed by atoms with Gasteiger partial charge in [0.25, 0.3) is 5.56 Å². The third-order valence-corrected chi connectivity index (χ3v) is 2.91. The Bertz CT molecular complexity index is 549. The Labute approximate surface area is 90.8 Å². The number of aromatic nitrogens is 1. The smallest absolute Gasteiger partial charge is 0.268 e. The minimum Gasteiger partial charge on any atom is -0.309 e. The van der Waals surface area contributed by atoms with Gasteiger partial charge in [0.1, 0.15) is 11.6 Å². The lowest BCUT2D eigenvalue weighted by atomic mass is 10.3. The molecule has 3 nitrogen and oxygen atoms in total. The lowest BCUT2D eigenvalue weighted by molar-refractivity contribution is 0.767. The molecule has 0 saturated heterocycles. The number of hydrogen-bond acceptors (Lipinski definition) is 3. The molecule has 0 aliphatic heterocycles. The molecule has 0 N–H and O–H groups in total. The summed E-state index contributed by atoms with van der Waals surface area (Å²) in [6, 6.07) is 9.05. The van der Waals surface area contributed by atoms with E-state index in [1.54, 1.807) is 28.2 Å². The first kappa shape index (κ1) is 9.69. The highest BCUT2D eigenvalue weighted by Gasteiger charge is 2.02. The molecule has 2 aromatic heterocycles. The predicted molar refractivity (Wildman–Crippen MR) is 58.8 cm³/mol. The molecule has 0 spiro atoms. The Hall–Kier alpha value is -1.86. The van der Waals surface area contributed by atoms with E-state index < -0.39 is 0 Å². The van der Waals surface area contributed by atoms with E-state index in [0.29, 0.717) is 6.54 Å². The van der Waals surface area contributed by atoms with Crippen LogP contribution in [0.15, 0.2) is 40.6 Å². The van der Waals surface area contributed by atoms with E-state index in [0.717, 1.165) is 4.88 Å². The van der Waals surface area contributed by atoms with Crippen LogP contribution < -0.4 is 5.56 Å². The van der Waals surface area contributed by atoms with Crippen molar-refractivity contribution in [3.05, 3.63) is 56.6 Å². The number of rotatable bonds is 2. The van der Waals surface area contributed by atoms with Gasteiger partial charge in [-0.1, -0.05) is 6.07 Å². The van der Waals surface area contributed by atoms with Gasteiger partial charge >= 0.3 is 0 Å². The molecule has 2 heterocycles. The second-order valence-electron chi connectivity index (χ2n) is 3.05. The van der Waals surface area contributed by atoms with Gasteiger partial charge in [-0.15, -0.1) is 11.3 Å². The van der Waals surface area contributed by atoms with Crippen LogP contribution in [0.3, 0.4) is 0 Å². The molecule has 0 amide bonds. The highest BCUT2D eigenvalue weighted by Crippen LogP contribution is 2.09. The van der Waals surface area contributed by atoms with Crippen molar-refractivity contribution < 1.29 is 0 Å². The van der Waals surface area contributed by atoms with Crippen molar-refractivity contribution in [2.45, 2.75) is 6.54 Å². The van der Waals surface area contributed by atoms with Crippen LogP contribution >= 0.6 is 11.3 Å². The maximum Gasteiger partial charge on any atom is 0.268 e. The van der Waals surface area contributed by atoms with Crippen molar-refractivity contribution in [1.82, 2.24) is 4.57 Å². The lowest BCUT2D eigenvalue weighted by Gasteiger charge is -2.02.